The summed E-state index contributed by atoms with van der Waals surface area (Å²) in [6.45, 7) is 0.540. The Morgan fingerprint density at radius 2 is 2.24 bits per heavy atom. The molecule has 21 heavy (non-hydrogen) atoms. The van der Waals surface area contributed by atoms with E-state index in [-0.39, 0.29) is 17.2 Å². The first-order chi connectivity index (χ1) is 9.94. The van der Waals surface area contributed by atoms with Crippen LogP contribution in [-0.2, 0) is 16.6 Å². The van der Waals surface area contributed by atoms with Gasteiger partial charge >= 0.3 is 0 Å². The number of nitrogen functional groups attached to an aromatic ring is 1. The number of nitrogens with one attached hydrogen (secondary N) is 1. The van der Waals surface area contributed by atoms with Gasteiger partial charge in [-0.15, -0.1) is 5.10 Å². The van der Waals surface area contributed by atoms with Crippen molar-refractivity contribution >= 4 is 31.6 Å². The molecule has 8 nitrogen and oxygen atoms in total. The molecule has 1 heterocycles. The summed E-state index contributed by atoms with van der Waals surface area (Å²) >= 11 is 3.23. The fourth-order valence-corrected chi connectivity index (χ4v) is 3.17. The van der Waals surface area contributed by atoms with Gasteiger partial charge in [0.15, 0.2) is 0 Å². The highest BCUT2D eigenvalue weighted by Gasteiger charge is 2.20. The summed E-state index contributed by atoms with van der Waals surface area (Å²) in [5.41, 5.74) is 6.04. The normalized spacial score (nSPS) is 11.5. The highest BCUT2D eigenvalue weighted by molar-refractivity contribution is 9.10. The molecular formula is C11H14BrN5O3S. The van der Waals surface area contributed by atoms with E-state index >= 15 is 0 Å². The third-order valence-electron chi connectivity index (χ3n) is 2.68. The molecule has 0 bridgehead atoms. The van der Waals surface area contributed by atoms with Gasteiger partial charge in [0, 0.05) is 22.9 Å². The number of aromatic nitrogens is 3. The second-order valence-electron chi connectivity index (χ2n) is 4.09. The number of nitrogens with zero attached hydrogens (tertiary/aromatic N) is 3. The zero-order valence-corrected chi connectivity index (χ0v) is 13.6. The topological polar surface area (TPSA) is 112 Å². The van der Waals surface area contributed by atoms with Crippen LogP contribution in [-0.4, -0.2) is 37.1 Å². The predicted octanol–water partition coefficient (Wildman–Crippen LogP) is 0.610. The number of sulfonamides is 1. The van der Waals surface area contributed by atoms with E-state index in [1.165, 1.54) is 30.1 Å². The van der Waals surface area contributed by atoms with Gasteiger partial charge in [-0.2, -0.15) is 0 Å². The van der Waals surface area contributed by atoms with Crippen molar-refractivity contribution in [2.75, 3.05) is 19.4 Å². The van der Waals surface area contributed by atoms with E-state index < -0.39 is 10.0 Å². The van der Waals surface area contributed by atoms with Crippen LogP contribution in [0.2, 0.25) is 0 Å². The number of methoxy groups -OCH3 is 1. The van der Waals surface area contributed by atoms with E-state index in [0.717, 1.165) is 0 Å². The van der Waals surface area contributed by atoms with E-state index in [9.17, 15) is 8.42 Å². The van der Waals surface area contributed by atoms with Gasteiger partial charge in [-0.1, -0.05) is 5.21 Å². The van der Waals surface area contributed by atoms with Gasteiger partial charge in [-0.25, -0.2) is 13.1 Å². The maximum atomic E-state index is 12.3. The molecule has 0 fully saturated rings. The van der Waals surface area contributed by atoms with Crippen LogP contribution < -0.4 is 15.2 Å². The third-order valence-corrected chi connectivity index (χ3v) is 4.85. The van der Waals surface area contributed by atoms with Crippen molar-refractivity contribution < 1.29 is 13.2 Å². The lowest BCUT2D eigenvalue weighted by Gasteiger charge is -2.12. The van der Waals surface area contributed by atoms with Crippen molar-refractivity contribution in [1.82, 2.24) is 19.7 Å². The standard InChI is InChI=1S/C11H14BrN5O3S/c1-20-10-6-8(12)9(13)7-11(10)21(18,19)15-3-5-17-4-2-14-16-17/h2,4,6-7,15H,3,5,13H2,1H3. The molecule has 1 aromatic carbocycles. The first kappa shape index (κ1) is 15.7. The van der Waals surface area contributed by atoms with Gasteiger partial charge in [0.2, 0.25) is 10.0 Å². The zero-order chi connectivity index (χ0) is 15.5. The number of hydrogen-bond acceptors (Lipinski definition) is 6. The van der Waals surface area contributed by atoms with Crippen LogP contribution in [0.5, 0.6) is 5.75 Å². The van der Waals surface area contributed by atoms with Crippen molar-refractivity contribution in [2.45, 2.75) is 11.4 Å². The molecule has 0 saturated carbocycles. The molecule has 0 unspecified atom stereocenters. The number of hydrogen-bond donors (Lipinski definition) is 2. The van der Waals surface area contributed by atoms with Gasteiger partial charge in [-0.3, -0.25) is 4.68 Å². The van der Waals surface area contributed by atoms with Crippen molar-refractivity contribution in [3.05, 3.63) is 29.0 Å². The Balaban J connectivity index is 2.17. The van der Waals surface area contributed by atoms with E-state index in [4.69, 9.17) is 10.5 Å². The third kappa shape index (κ3) is 3.71. The van der Waals surface area contributed by atoms with Crippen molar-refractivity contribution in [3.8, 4) is 5.75 Å². The quantitative estimate of drug-likeness (QED) is 0.715. The average Bonchev–Trinajstić information content (AvgIpc) is 2.94. The predicted molar refractivity (Wildman–Crippen MR) is 80.3 cm³/mol. The molecule has 0 saturated heterocycles. The molecule has 0 radical (unpaired) electrons. The molecule has 2 rings (SSSR count). The fourth-order valence-electron chi connectivity index (χ4n) is 1.64. The lowest BCUT2D eigenvalue weighted by atomic mass is 10.3. The Labute approximate surface area is 130 Å². The van der Waals surface area contributed by atoms with Crippen molar-refractivity contribution in [2.24, 2.45) is 0 Å². The largest absolute Gasteiger partial charge is 0.495 e. The van der Waals surface area contributed by atoms with Gasteiger partial charge < -0.3 is 10.5 Å². The van der Waals surface area contributed by atoms with Crippen molar-refractivity contribution in [3.63, 3.8) is 0 Å². The first-order valence-electron chi connectivity index (χ1n) is 5.91. The second kappa shape index (κ2) is 6.41. The second-order valence-corrected chi connectivity index (χ2v) is 6.68. The Hall–Kier alpha value is -1.65. The summed E-state index contributed by atoms with van der Waals surface area (Å²) in [6.07, 6.45) is 3.17. The van der Waals surface area contributed by atoms with Crippen LogP contribution in [0.1, 0.15) is 0 Å². The molecule has 0 aliphatic heterocycles. The number of ether oxygens (including phenoxy) is 1. The lowest BCUT2D eigenvalue weighted by molar-refractivity contribution is 0.402. The van der Waals surface area contributed by atoms with Gasteiger partial charge in [-0.05, 0) is 28.1 Å². The van der Waals surface area contributed by atoms with Crippen LogP contribution in [0.25, 0.3) is 0 Å². The summed E-state index contributed by atoms with van der Waals surface area (Å²) in [4.78, 5) is -0.00992. The molecule has 0 atom stereocenters. The Bertz CT molecular complexity index is 718. The zero-order valence-electron chi connectivity index (χ0n) is 11.2. The first-order valence-corrected chi connectivity index (χ1v) is 8.18. The van der Waals surface area contributed by atoms with Gasteiger partial charge in [0.1, 0.15) is 10.6 Å². The molecule has 114 valence electrons. The SMILES string of the molecule is COc1cc(Br)c(N)cc1S(=O)(=O)NCCn1ccnn1. The number of anilines is 1. The number of benzene rings is 1. The number of nitrogens with two attached hydrogens (primary N) is 1. The molecule has 0 amide bonds. The molecule has 0 spiro atoms. The molecule has 2 aromatic rings. The minimum absolute atomic E-state index is 0.00992. The number of halogens is 1. The maximum absolute atomic E-state index is 12.3. The highest BCUT2D eigenvalue weighted by Crippen LogP contribution is 2.32. The summed E-state index contributed by atoms with van der Waals surface area (Å²) in [7, 11) is -2.34. The monoisotopic (exact) mass is 375 g/mol. The van der Waals surface area contributed by atoms with E-state index in [0.29, 0.717) is 16.7 Å². The van der Waals surface area contributed by atoms with Crippen LogP contribution >= 0.6 is 15.9 Å². The summed E-state index contributed by atoms with van der Waals surface area (Å²) < 4.78 is 34.2. The average molecular weight is 376 g/mol. The Morgan fingerprint density at radius 1 is 1.48 bits per heavy atom. The molecular weight excluding hydrogens is 362 g/mol. The summed E-state index contributed by atoms with van der Waals surface area (Å²) in [5.74, 6) is 0.212. The molecule has 0 aliphatic rings. The highest BCUT2D eigenvalue weighted by atomic mass is 79.9. The maximum Gasteiger partial charge on any atom is 0.244 e. The van der Waals surface area contributed by atoms with E-state index in [2.05, 4.69) is 31.0 Å². The minimum Gasteiger partial charge on any atom is -0.495 e. The van der Waals surface area contributed by atoms with Gasteiger partial charge in [0.05, 0.1) is 19.9 Å². The van der Waals surface area contributed by atoms with E-state index in [1.807, 2.05) is 0 Å². The molecule has 1 aromatic heterocycles. The van der Waals surface area contributed by atoms with Crippen LogP contribution in [0.3, 0.4) is 0 Å². The number of rotatable bonds is 6. The minimum atomic E-state index is -3.73. The van der Waals surface area contributed by atoms with Crippen LogP contribution in [0.4, 0.5) is 5.69 Å². The van der Waals surface area contributed by atoms with Gasteiger partial charge in [0.25, 0.3) is 0 Å². The van der Waals surface area contributed by atoms with Crippen LogP contribution in [0, 0.1) is 0 Å². The molecule has 3 N–H and O–H groups in total. The Morgan fingerprint density at radius 3 is 2.86 bits per heavy atom. The lowest BCUT2D eigenvalue weighted by Crippen LogP contribution is -2.28. The summed E-state index contributed by atoms with van der Waals surface area (Å²) in [5, 5.41) is 7.39. The van der Waals surface area contributed by atoms with E-state index in [1.54, 1.807) is 6.20 Å². The molecule has 10 heteroatoms. The van der Waals surface area contributed by atoms with Crippen LogP contribution in [0.15, 0.2) is 33.9 Å². The smallest absolute Gasteiger partial charge is 0.244 e. The fraction of sp³-hybridized carbons (Fsp3) is 0.273. The summed E-state index contributed by atoms with van der Waals surface area (Å²) in [6, 6.07) is 2.86. The molecule has 0 aliphatic carbocycles. The van der Waals surface area contributed by atoms with Crippen molar-refractivity contribution in [1.29, 1.82) is 0 Å². The Kier molecular flexibility index (Phi) is 4.80.